The summed E-state index contributed by atoms with van der Waals surface area (Å²) in [6.45, 7) is 0.268. The molecule has 0 saturated heterocycles. The van der Waals surface area contributed by atoms with Crippen LogP contribution in [0.4, 0.5) is 5.82 Å². The number of carbonyl (C=O) groups excluding carboxylic acids is 1. The van der Waals surface area contributed by atoms with Crippen molar-refractivity contribution in [3.8, 4) is 0 Å². The molecule has 1 amide bonds. The minimum absolute atomic E-state index is 0.110. The lowest BCUT2D eigenvalue weighted by Gasteiger charge is -2.06. The topological polar surface area (TPSA) is 109 Å². The first-order valence-electron chi connectivity index (χ1n) is 5.10. The molecule has 8 heteroatoms. The number of halogens is 1. The molecular weight excluding hydrogens is 256 g/mol. The van der Waals surface area contributed by atoms with E-state index in [1.807, 2.05) is 0 Å². The summed E-state index contributed by atoms with van der Waals surface area (Å²) < 4.78 is 0. The van der Waals surface area contributed by atoms with Crippen molar-refractivity contribution in [1.82, 2.24) is 20.3 Å². The Hall–Kier alpha value is -2.12. The van der Waals surface area contributed by atoms with Crippen molar-refractivity contribution in [2.75, 3.05) is 5.43 Å². The number of hydrogen-bond acceptors (Lipinski definition) is 5. The van der Waals surface area contributed by atoms with Crippen LogP contribution in [0.1, 0.15) is 16.3 Å². The second kappa shape index (κ2) is 5.48. The molecule has 18 heavy (non-hydrogen) atoms. The van der Waals surface area contributed by atoms with E-state index in [-0.39, 0.29) is 17.3 Å². The Kier molecular flexibility index (Phi) is 3.75. The minimum atomic E-state index is -0.395. The van der Waals surface area contributed by atoms with Gasteiger partial charge in [-0.1, -0.05) is 11.6 Å². The highest BCUT2D eigenvalue weighted by molar-refractivity contribution is 6.33. The van der Waals surface area contributed by atoms with Gasteiger partial charge in [0.05, 0.1) is 11.6 Å². The summed E-state index contributed by atoms with van der Waals surface area (Å²) in [6, 6.07) is 3.12. The maximum Gasteiger partial charge on any atom is 0.271 e. The number of pyridine rings is 1. The Bertz CT molecular complexity index is 541. The third kappa shape index (κ3) is 2.76. The smallest absolute Gasteiger partial charge is 0.271 e. The number of nitrogens with zero attached hydrogens (tertiary/aromatic N) is 2. The van der Waals surface area contributed by atoms with Crippen LogP contribution in [0.15, 0.2) is 24.5 Å². The van der Waals surface area contributed by atoms with Crippen LogP contribution >= 0.6 is 11.6 Å². The molecule has 0 aliphatic carbocycles. The van der Waals surface area contributed by atoms with Crippen LogP contribution in [0.2, 0.25) is 5.02 Å². The van der Waals surface area contributed by atoms with Crippen molar-refractivity contribution in [3.63, 3.8) is 0 Å². The van der Waals surface area contributed by atoms with Gasteiger partial charge in [-0.05, 0) is 12.1 Å². The fourth-order valence-corrected chi connectivity index (χ4v) is 1.52. The lowest BCUT2D eigenvalue weighted by molar-refractivity contribution is 0.0945. The van der Waals surface area contributed by atoms with Crippen LogP contribution in [0, 0.1) is 0 Å². The number of nitrogens with one attached hydrogen (secondary N) is 3. The first kappa shape index (κ1) is 12.3. The van der Waals surface area contributed by atoms with Crippen molar-refractivity contribution < 1.29 is 4.79 Å². The maximum absolute atomic E-state index is 11.9. The van der Waals surface area contributed by atoms with E-state index in [4.69, 9.17) is 17.4 Å². The van der Waals surface area contributed by atoms with Gasteiger partial charge in [0, 0.05) is 12.4 Å². The van der Waals surface area contributed by atoms with E-state index in [1.165, 1.54) is 0 Å². The first-order valence-corrected chi connectivity index (χ1v) is 5.48. The Morgan fingerprint density at radius 1 is 1.50 bits per heavy atom. The number of imidazole rings is 1. The zero-order valence-electron chi connectivity index (χ0n) is 9.27. The first-order chi connectivity index (χ1) is 8.70. The molecule has 5 N–H and O–H groups in total. The molecule has 0 bridgehead atoms. The van der Waals surface area contributed by atoms with E-state index in [9.17, 15) is 4.79 Å². The van der Waals surface area contributed by atoms with Gasteiger partial charge in [0.15, 0.2) is 0 Å². The fourth-order valence-electron chi connectivity index (χ4n) is 1.32. The second-order valence-corrected chi connectivity index (χ2v) is 3.80. The Labute approximate surface area is 108 Å². The monoisotopic (exact) mass is 266 g/mol. The van der Waals surface area contributed by atoms with Crippen molar-refractivity contribution >= 4 is 23.3 Å². The number of nitrogens with two attached hydrogens (primary N) is 1. The highest BCUT2D eigenvalue weighted by Gasteiger charge is 2.13. The lowest BCUT2D eigenvalue weighted by atomic mass is 10.3. The summed E-state index contributed by atoms with van der Waals surface area (Å²) in [5.74, 6) is 5.83. The van der Waals surface area contributed by atoms with Crippen LogP contribution < -0.4 is 16.6 Å². The van der Waals surface area contributed by atoms with Gasteiger partial charge in [0.2, 0.25) is 0 Å². The van der Waals surface area contributed by atoms with Crippen molar-refractivity contribution in [2.45, 2.75) is 6.54 Å². The summed E-state index contributed by atoms with van der Waals surface area (Å²) in [4.78, 5) is 22.7. The van der Waals surface area contributed by atoms with Gasteiger partial charge in [-0.15, -0.1) is 0 Å². The van der Waals surface area contributed by atoms with Gasteiger partial charge in [-0.3, -0.25) is 4.79 Å². The maximum atomic E-state index is 11.9. The molecule has 2 aromatic rings. The van der Waals surface area contributed by atoms with Gasteiger partial charge >= 0.3 is 0 Å². The molecule has 2 rings (SSSR count). The Balaban J connectivity index is 2.08. The third-order valence-corrected chi connectivity index (χ3v) is 2.49. The highest BCUT2D eigenvalue weighted by atomic mass is 35.5. The van der Waals surface area contributed by atoms with Crippen LogP contribution in [0.3, 0.4) is 0 Å². The summed E-state index contributed by atoms with van der Waals surface area (Å²) in [6.07, 6.45) is 3.28. The molecule has 0 aliphatic rings. The van der Waals surface area contributed by atoms with Crippen molar-refractivity contribution in [1.29, 1.82) is 0 Å². The van der Waals surface area contributed by atoms with Crippen LogP contribution in [0.5, 0.6) is 0 Å². The predicted octanol–water partition coefficient (Wildman–Crippen LogP) is 0.674. The third-order valence-electron chi connectivity index (χ3n) is 2.18. The number of aromatic amines is 1. The SMILES string of the molecule is NNc1ccc(Cl)c(C(=O)NCc2ncc[nH]2)n1. The molecule has 2 aromatic heterocycles. The summed E-state index contributed by atoms with van der Waals surface area (Å²) in [7, 11) is 0. The fraction of sp³-hybridized carbons (Fsp3) is 0.100. The largest absolute Gasteiger partial charge is 0.347 e. The van der Waals surface area contributed by atoms with Crippen LogP contribution in [-0.4, -0.2) is 20.9 Å². The van der Waals surface area contributed by atoms with E-state index in [0.717, 1.165) is 0 Å². The van der Waals surface area contributed by atoms with Gasteiger partial charge in [-0.2, -0.15) is 0 Å². The summed E-state index contributed by atoms with van der Waals surface area (Å²) >= 11 is 5.89. The molecule has 2 heterocycles. The van der Waals surface area contributed by atoms with Crippen LogP contribution in [-0.2, 0) is 6.54 Å². The molecule has 0 radical (unpaired) electrons. The number of aromatic nitrogens is 3. The molecule has 0 unspecified atom stereocenters. The molecule has 7 nitrogen and oxygen atoms in total. The van der Waals surface area contributed by atoms with E-state index in [2.05, 4.69) is 25.7 Å². The van der Waals surface area contributed by atoms with E-state index < -0.39 is 5.91 Å². The average molecular weight is 267 g/mol. The Morgan fingerprint density at radius 3 is 3.00 bits per heavy atom. The molecule has 0 fully saturated rings. The highest BCUT2D eigenvalue weighted by Crippen LogP contribution is 2.16. The average Bonchev–Trinajstić information content (AvgIpc) is 2.89. The number of hydrazine groups is 1. The number of anilines is 1. The molecule has 0 aliphatic heterocycles. The van der Waals surface area contributed by atoms with Crippen molar-refractivity contribution in [2.24, 2.45) is 5.84 Å². The molecule has 0 spiro atoms. The second-order valence-electron chi connectivity index (χ2n) is 3.39. The minimum Gasteiger partial charge on any atom is -0.347 e. The Morgan fingerprint density at radius 2 is 2.33 bits per heavy atom. The van der Waals surface area contributed by atoms with Gasteiger partial charge in [0.1, 0.15) is 17.3 Å². The zero-order valence-corrected chi connectivity index (χ0v) is 10.0. The molecule has 0 atom stereocenters. The summed E-state index contributed by atoms with van der Waals surface area (Å²) in [5, 5.41) is 2.90. The number of carbonyl (C=O) groups is 1. The lowest BCUT2D eigenvalue weighted by Crippen LogP contribution is -2.25. The predicted molar refractivity (Wildman–Crippen MR) is 66.8 cm³/mol. The summed E-state index contributed by atoms with van der Waals surface area (Å²) in [5.41, 5.74) is 2.46. The van der Waals surface area contributed by atoms with E-state index >= 15 is 0 Å². The standard InChI is InChI=1S/C10H11ClN6O/c11-6-1-2-7(17-12)16-9(6)10(18)15-5-8-13-3-4-14-8/h1-4H,5,12H2,(H,13,14)(H,15,18)(H,16,17). The van der Waals surface area contributed by atoms with E-state index in [1.54, 1.807) is 24.5 Å². The number of nitrogen functional groups attached to an aromatic ring is 1. The number of H-pyrrole nitrogens is 1. The molecule has 0 saturated carbocycles. The van der Waals surface area contributed by atoms with Gasteiger partial charge in [0.25, 0.3) is 5.91 Å². The van der Waals surface area contributed by atoms with Crippen molar-refractivity contribution in [3.05, 3.63) is 41.1 Å². The normalized spacial score (nSPS) is 10.1. The zero-order chi connectivity index (χ0) is 13.0. The molecule has 0 aromatic carbocycles. The van der Waals surface area contributed by atoms with Gasteiger partial charge in [-0.25, -0.2) is 15.8 Å². The van der Waals surface area contributed by atoms with Gasteiger partial charge < -0.3 is 15.7 Å². The van der Waals surface area contributed by atoms with Crippen LogP contribution in [0.25, 0.3) is 0 Å². The quantitative estimate of drug-likeness (QED) is 0.480. The number of hydrogen-bond donors (Lipinski definition) is 4. The number of rotatable bonds is 4. The van der Waals surface area contributed by atoms with E-state index in [0.29, 0.717) is 11.6 Å². The number of amides is 1. The molecular formula is C10H11ClN6O. The molecule has 94 valence electrons.